The van der Waals surface area contributed by atoms with Gasteiger partial charge in [-0.05, 0) is 6.42 Å². The molecule has 100 valence electrons. The highest BCUT2D eigenvalue weighted by molar-refractivity contribution is 5.86. The first-order valence-corrected chi connectivity index (χ1v) is 6.54. The fourth-order valence-electron chi connectivity index (χ4n) is 2.40. The Morgan fingerprint density at radius 3 is 3.06 bits per heavy atom. The van der Waals surface area contributed by atoms with E-state index in [9.17, 15) is 0 Å². The molecule has 0 aliphatic carbocycles. The number of hydrogen-bond donors (Lipinski definition) is 1. The molecule has 6 nitrogen and oxygen atoms in total. The van der Waals surface area contributed by atoms with Crippen molar-refractivity contribution in [3.05, 3.63) is 12.2 Å². The van der Waals surface area contributed by atoms with Crippen LogP contribution in [0.15, 0.2) is 11.5 Å². The number of likely N-dealkylation sites (tertiary alicyclic amines) is 1. The van der Waals surface area contributed by atoms with Crippen LogP contribution < -0.4 is 0 Å². The van der Waals surface area contributed by atoms with Gasteiger partial charge in [0.2, 0.25) is 0 Å². The lowest BCUT2D eigenvalue weighted by Crippen LogP contribution is -2.39. The highest BCUT2D eigenvalue weighted by atomic mass is 16.4. The van der Waals surface area contributed by atoms with Crippen molar-refractivity contribution in [1.82, 2.24) is 19.7 Å². The molecule has 18 heavy (non-hydrogen) atoms. The molecule has 2 rings (SSSR count). The first kappa shape index (κ1) is 13.0. The number of aryl methyl sites for hydroxylation is 1. The maximum atomic E-state index is 8.86. The average molecular weight is 251 g/mol. The van der Waals surface area contributed by atoms with Crippen LogP contribution in [0.2, 0.25) is 0 Å². The summed E-state index contributed by atoms with van der Waals surface area (Å²) >= 11 is 0. The Morgan fingerprint density at radius 2 is 2.39 bits per heavy atom. The van der Waals surface area contributed by atoms with E-state index in [1.165, 1.54) is 0 Å². The molecule has 0 saturated carbocycles. The first-order valence-electron chi connectivity index (χ1n) is 6.54. The van der Waals surface area contributed by atoms with Gasteiger partial charge in [-0.2, -0.15) is 5.10 Å². The van der Waals surface area contributed by atoms with Gasteiger partial charge in [-0.1, -0.05) is 19.0 Å². The lowest BCUT2D eigenvalue weighted by atomic mass is 9.98. The topological polar surface area (TPSA) is 66.5 Å². The van der Waals surface area contributed by atoms with Crippen LogP contribution >= 0.6 is 0 Å². The first-order chi connectivity index (χ1) is 8.74. The third kappa shape index (κ3) is 2.87. The Balaban J connectivity index is 1.96. The zero-order valence-corrected chi connectivity index (χ0v) is 11.1. The molecule has 1 fully saturated rings. The van der Waals surface area contributed by atoms with Crippen molar-refractivity contribution in [2.45, 2.75) is 39.8 Å². The fourth-order valence-corrected chi connectivity index (χ4v) is 2.40. The summed E-state index contributed by atoms with van der Waals surface area (Å²) in [6.07, 6.45) is 3.52. The van der Waals surface area contributed by atoms with E-state index in [1.807, 2.05) is 4.68 Å². The van der Waals surface area contributed by atoms with Crippen LogP contribution in [0, 0.1) is 5.92 Å². The highest BCUT2D eigenvalue weighted by Crippen LogP contribution is 2.15. The maximum Gasteiger partial charge on any atom is 0.141 e. The molecule has 1 unspecified atom stereocenters. The predicted molar refractivity (Wildman–Crippen MR) is 68.6 cm³/mol. The zero-order chi connectivity index (χ0) is 13.0. The molecule has 0 aromatic carbocycles. The van der Waals surface area contributed by atoms with Crippen molar-refractivity contribution in [3.8, 4) is 0 Å². The third-order valence-electron chi connectivity index (χ3n) is 3.41. The molecule has 2 heterocycles. The lowest BCUT2D eigenvalue weighted by molar-refractivity contribution is 0.220. The van der Waals surface area contributed by atoms with Gasteiger partial charge in [-0.3, -0.25) is 4.90 Å². The summed E-state index contributed by atoms with van der Waals surface area (Å²) in [5, 5.41) is 16.5. The van der Waals surface area contributed by atoms with Crippen LogP contribution in [0.25, 0.3) is 0 Å². The van der Waals surface area contributed by atoms with Crippen LogP contribution in [0.4, 0.5) is 0 Å². The Labute approximate surface area is 107 Å². The van der Waals surface area contributed by atoms with E-state index in [4.69, 9.17) is 5.21 Å². The molecule has 6 heteroatoms. The van der Waals surface area contributed by atoms with E-state index in [2.05, 4.69) is 34.0 Å². The minimum Gasteiger partial charge on any atom is -0.411 e. The number of piperidine rings is 1. The summed E-state index contributed by atoms with van der Waals surface area (Å²) in [4.78, 5) is 6.67. The summed E-state index contributed by atoms with van der Waals surface area (Å²) < 4.78 is 1.97. The Bertz CT molecular complexity index is 414. The van der Waals surface area contributed by atoms with E-state index in [1.54, 1.807) is 6.33 Å². The summed E-state index contributed by atoms with van der Waals surface area (Å²) in [6, 6.07) is 0. The second kappa shape index (κ2) is 5.95. The molecular weight excluding hydrogens is 230 g/mol. The lowest BCUT2D eigenvalue weighted by Gasteiger charge is -2.30. The van der Waals surface area contributed by atoms with E-state index in [0.29, 0.717) is 5.92 Å². The van der Waals surface area contributed by atoms with Crippen LogP contribution in [0.5, 0.6) is 0 Å². The van der Waals surface area contributed by atoms with Crippen molar-refractivity contribution in [2.24, 2.45) is 11.1 Å². The molecule has 0 amide bonds. The van der Waals surface area contributed by atoms with Gasteiger partial charge in [0.25, 0.3) is 0 Å². The summed E-state index contributed by atoms with van der Waals surface area (Å²) in [7, 11) is 0. The van der Waals surface area contributed by atoms with Gasteiger partial charge in [-0.15, -0.1) is 0 Å². The smallest absolute Gasteiger partial charge is 0.141 e. The predicted octanol–water partition coefficient (Wildman–Crippen LogP) is 1.36. The van der Waals surface area contributed by atoms with Gasteiger partial charge in [0.05, 0.1) is 12.3 Å². The van der Waals surface area contributed by atoms with E-state index >= 15 is 0 Å². The van der Waals surface area contributed by atoms with Crippen molar-refractivity contribution >= 4 is 5.71 Å². The summed E-state index contributed by atoms with van der Waals surface area (Å²) in [5.74, 6) is 1.33. The second-order valence-corrected chi connectivity index (χ2v) is 4.88. The molecule has 1 atom stereocenters. The van der Waals surface area contributed by atoms with Gasteiger partial charge < -0.3 is 5.21 Å². The van der Waals surface area contributed by atoms with Crippen LogP contribution in [0.3, 0.4) is 0 Å². The molecule has 1 aromatic rings. The molecule has 1 aromatic heterocycles. The second-order valence-electron chi connectivity index (χ2n) is 4.88. The van der Waals surface area contributed by atoms with Crippen LogP contribution in [0.1, 0.15) is 32.5 Å². The van der Waals surface area contributed by atoms with E-state index < -0.39 is 0 Å². The number of rotatable bonds is 4. The summed E-state index contributed by atoms with van der Waals surface area (Å²) in [5.41, 5.74) is 0.904. The van der Waals surface area contributed by atoms with Gasteiger partial charge in [-0.25, -0.2) is 9.67 Å². The van der Waals surface area contributed by atoms with Crippen molar-refractivity contribution in [2.75, 3.05) is 13.1 Å². The van der Waals surface area contributed by atoms with Gasteiger partial charge in [0, 0.05) is 32.0 Å². The Morgan fingerprint density at radius 1 is 1.56 bits per heavy atom. The average Bonchev–Trinajstić information content (AvgIpc) is 2.78. The van der Waals surface area contributed by atoms with E-state index in [0.717, 1.165) is 50.6 Å². The standard InChI is InChI=1S/C12H21N5O/c1-3-5-17-12(13-9-14-17)8-16-6-4-11(15-18)10(2)7-16/h9-10,18H,3-8H2,1-2H3. The zero-order valence-electron chi connectivity index (χ0n) is 11.1. The van der Waals surface area contributed by atoms with Gasteiger partial charge in [0.15, 0.2) is 0 Å². The molecule has 1 N–H and O–H groups in total. The number of hydrogen-bond acceptors (Lipinski definition) is 5. The van der Waals surface area contributed by atoms with Crippen molar-refractivity contribution < 1.29 is 5.21 Å². The molecule has 0 bridgehead atoms. The van der Waals surface area contributed by atoms with Crippen LogP contribution in [-0.4, -0.2) is 43.7 Å². The minimum atomic E-state index is 0.311. The monoisotopic (exact) mass is 251 g/mol. The largest absolute Gasteiger partial charge is 0.411 e. The quantitative estimate of drug-likeness (QED) is 0.648. The maximum absolute atomic E-state index is 8.86. The molecular formula is C12H21N5O. The number of nitrogens with zero attached hydrogens (tertiary/aromatic N) is 5. The van der Waals surface area contributed by atoms with Gasteiger partial charge in [0.1, 0.15) is 12.2 Å². The van der Waals surface area contributed by atoms with Crippen molar-refractivity contribution in [1.29, 1.82) is 0 Å². The summed E-state index contributed by atoms with van der Waals surface area (Å²) in [6.45, 7) is 7.81. The molecule has 0 radical (unpaired) electrons. The van der Waals surface area contributed by atoms with Crippen LogP contribution in [-0.2, 0) is 13.1 Å². The van der Waals surface area contributed by atoms with Crippen molar-refractivity contribution in [3.63, 3.8) is 0 Å². The molecule has 0 spiro atoms. The normalized spacial score (nSPS) is 23.7. The highest BCUT2D eigenvalue weighted by Gasteiger charge is 2.23. The number of aromatic nitrogens is 3. The van der Waals surface area contributed by atoms with Gasteiger partial charge >= 0.3 is 0 Å². The molecule has 1 saturated heterocycles. The molecule has 1 aliphatic rings. The molecule has 1 aliphatic heterocycles. The minimum absolute atomic E-state index is 0.311. The SMILES string of the molecule is CCCn1ncnc1CN1CCC(=NO)C(C)C1. The fraction of sp³-hybridized carbons (Fsp3) is 0.750. The number of oxime groups is 1. The Hall–Kier alpha value is -1.43. The van der Waals surface area contributed by atoms with E-state index in [-0.39, 0.29) is 0 Å². The Kier molecular flexibility index (Phi) is 4.30. The third-order valence-corrected chi connectivity index (χ3v) is 3.41.